The first-order valence-electron chi connectivity index (χ1n) is 4.33. The molecule has 0 spiro atoms. The van der Waals surface area contributed by atoms with Crippen molar-refractivity contribution in [2.75, 3.05) is 5.32 Å². The van der Waals surface area contributed by atoms with E-state index in [9.17, 15) is 4.79 Å². The third kappa shape index (κ3) is 3.00. The summed E-state index contributed by atoms with van der Waals surface area (Å²) >= 11 is 3.37. The molecule has 14 heavy (non-hydrogen) atoms. The maximum atomic E-state index is 11.2. The summed E-state index contributed by atoms with van der Waals surface area (Å²) in [5.41, 5.74) is 1.88. The molecule has 1 aromatic rings. The van der Waals surface area contributed by atoms with Gasteiger partial charge in [0.2, 0.25) is 5.91 Å². The lowest BCUT2D eigenvalue weighted by molar-refractivity contribution is -0.111. The average molecular weight is 254 g/mol. The SMILES string of the molecule is C/C=C/C(=O)Nc1ccc(Br)cc1C. The smallest absolute Gasteiger partial charge is 0.248 e. The van der Waals surface area contributed by atoms with Gasteiger partial charge in [0.1, 0.15) is 0 Å². The highest BCUT2D eigenvalue weighted by atomic mass is 79.9. The molecule has 0 heterocycles. The maximum Gasteiger partial charge on any atom is 0.248 e. The number of anilines is 1. The van der Waals surface area contributed by atoms with Crippen molar-refractivity contribution >= 4 is 27.5 Å². The van der Waals surface area contributed by atoms with Crippen LogP contribution in [0.4, 0.5) is 5.69 Å². The average Bonchev–Trinajstić information content (AvgIpc) is 2.10. The Morgan fingerprint density at radius 3 is 2.79 bits per heavy atom. The van der Waals surface area contributed by atoms with Crippen LogP contribution in [-0.2, 0) is 4.79 Å². The van der Waals surface area contributed by atoms with Crippen molar-refractivity contribution < 1.29 is 4.79 Å². The Bertz CT molecular complexity index is 372. The number of amides is 1. The molecule has 1 aromatic carbocycles. The molecular weight excluding hydrogens is 242 g/mol. The lowest BCUT2D eigenvalue weighted by Gasteiger charge is -2.06. The molecule has 0 radical (unpaired) electrons. The molecule has 2 nitrogen and oxygen atoms in total. The third-order valence-electron chi connectivity index (χ3n) is 1.76. The lowest BCUT2D eigenvalue weighted by Crippen LogP contribution is -2.08. The minimum absolute atomic E-state index is 0.0991. The topological polar surface area (TPSA) is 29.1 Å². The zero-order valence-corrected chi connectivity index (χ0v) is 9.76. The predicted molar refractivity (Wildman–Crippen MR) is 62.3 cm³/mol. The Kier molecular flexibility index (Phi) is 3.89. The van der Waals surface area contributed by atoms with Crippen LogP contribution in [0, 0.1) is 6.92 Å². The minimum atomic E-state index is -0.0991. The van der Waals surface area contributed by atoms with Crippen LogP contribution >= 0.6 is 15.9 Å². The molecule has 0 atom stereocenters. The summed E-state index contributed by atoms with van der Waals surface area (Å²) in [6.45, 7) is 3.77. The number of aryl methyl sites for hydroxylation is 1. The van der Waals surface area contributed by atoms with Gasteiger partial charge in [-0.2, -0.15) is 0 Å². The fraction of sp³-hybridized carbons (Fsp3) is 0.182. The van der Waals surface area contributed by atoms with Gasteiger partial charge >= 0.3 is 0 Å². The second-order valence-electron chi connectivity index (χ2n) is 2.95. The maximum absolute atomic E-state index is 11.2. The zero-order valence-electron chi connectivity index (χ0n) is 8.17. The van der Waals surface area contributed by atoms with Crippen LogP contribution in [0.25, 0.3) is 0 Å². The highest BCUT2D eigenvalue weighted by Crippen LogP contribution is 2.19. The Morgan fingerprint density at radius 2 is 2.21 bits per heavy atom. The predicted octanol–water partition coefficient (Wildman–Crippen LogP) is 3.27. The summed E-state index contributed by atoms with van der Waals surface area (Å²) in [4.78, 5) is 11.2. The Balaban J connectivity index is 2.82. The number of benzene rings is 1. The van der Waals surface area contributed by atoms with Gasteiger partial charge < -0.3 is 5.32 Å². The van der Waals surface area contributed by atoms with Gasteiger partial charge in [0, 0.05) is 10.2 Å². The highest BCUT2D eigenvalue weighted by Gasteiger charge is 2.00. The quantitative estimate of drug-likeness (QED) is 0.806. The minimum Gasteiger partial charge on any atom is -0.322 e. The molecule has 1 amide bonds. The highest BCUT2D eigenvalue weighted by molar-refractivity contribution is 9.10. The fourth-order valence-corrected chi connectivity index (χ4v) is 1.57. The zero-order chi connectivity index (χ0) is 10.6. The molecule has 0 saturated heterocycles. The number of halogens is 1. The van der Waals surface area contributed by atoms with Crippen molar-refractivity contribution in [3.63, 3.8) is 0 Å². The molecular formula is C11H12BrNO. The van der Waals surface area contributed by atoms with Gasteiger partial charge in [0.05, 0.1) is 0 Å². The summed E-state index contributed by atoms with van der Waals surface area (Å²) in [5.74, 6) is -0.0991. The van der Waals surface area contributed by atoms with Crippen molar-refractivity contribution in [1.82, 2.24) is 0 Å². The summed E-state index contributed by atoms with van der Waals surface area (Å²) in [6, 6.07) is 5.74. The molecule has 0 unspecified atom stereocenters. The van der Waals surface area contributed by atoms with Gasteiger partial charge in [-0.25, -0.2) is 0 Å². The largest absolute Gasteiger partial charge is 0.322 e. The van der Waals surface area contributed by atoms with Gasteiger partial charge in [-0.15, -0.1) is 0 Å². The van der Waals surface area contributed by atoms with Gasteiger partial charge in [-0.1, -0.05) is 22.0 Å². The molecule has 1 rings (SSSR count). The van der Waals surface area contributed by atoms with E-state index in [1.54, 1.807) is 6.08 Å². The molecule has 0 aliphatic rings. The first-order chi connectivity index (χ1) is 6.63. The Hall–Kier alpha value is -1.09. The van der Waals surface area contributed by atoms with Crippen molar-refractivity contribution in [2.45, 2.75) is 13.8 Å². The van der Waals surface area contributed by atoms with Gasteiger partial charge in [0.25, 0.3) is 0 Å². The van der Waals surface area contributed by atoms with Crippen molar-refractivity contribution in [3.05, 3.63) is 40.4 Å². The van der Waals surface area contributed by atoms with E-state index in [-0.39, 0.29) is 5.91 Å². The monoisotopic (exact) mass is 253 g/mol. The molecule has 1 N–H and O–H groups in total. The van der Waals surface area contributed by atoms with Crippen molar-refractivity contribution in [3.8, 4) is 0 Å². The molecule has 0 aromatic heterocycles. The summed E-state index contributed by atoms with van der Waals surface area (Å²) in [5, 5.41) is 2.79. The van der Waals surface area contributed by atoms with Gasteiger partial charge in [-0.05, 0) is 43.7 Å². The second-order valence-corrected chi connectivity index (χ2v) is 3.86. The molecule has 0 aliphatic heterocycles. The number of rotatable bonds is 2. The number of hydrogen-bond acceptors (Lipinski definition) is 1. The Morgan fingerprint density at radius 1 is 1.50 bits per heavy atom. The van der Waals surface area contributed by atoms with Gasteiger partial charge in [0.15, 0.2) is 0 Å². The van der Waals surface area contributed by atoms with E-state index in [1.807, 2.05) is 32.0 Å². The summed E-state index contributed by atoms with van der Waals surface area (Å²) in [6.07, 6.45) is 3.21. The van der Waals surface area contributed by atoms with E-state index in [4.69, 9.17) is 0 Å². The van der Waals surface area contributed by atoms with Crippen LogP contribution in [-0.4, -0.2) is 5.91 Å². The fourth-order valence-electron chi connectivity index (χ4n) is 1.09. The standard InChI is InChI=1S/C11H12BrNO/c1-3-4-11(14)13-10-6-5-9(12)7-8(10)2/h3-7H,1-2H3,(H,13,14)/b4-3+. The van der Waals surface area contributed by atoms with Gasteiger partial charge in [-0.3, -0.25) is 4.79 Å². The van der Waals surface area contributed by atoms with E-state index >= 15 is 0 Å². The molecule has 0 aliphatic carbocycles. The van der Waals surface area contributed by atoms with E-state index < -0.39 is 0 Å². The van der Waals surface area contributed by atoms with Crippen LogP contribution < -0.4 is 5.32 Å². The van der Waals surface area contributed by atoms with E-state index in [1.165, 1.54) is 6.08 Å². The third-order valence-corrected chi connectivity index (χ3v) is 2.26. The van der Waals surface area contributed by atoms with E-state index in [0.29, 0.717) is 0 Å². The van der Waals surface area contributed by atoms with Crippen LogP contribution in [0.3, 0.4) is 0 Å². The molecule has 0 saturated carbocycles. The summed E-state index contributed by atoms with van der Waals surface area (Å²) < 4.78 is 1.01. The first kappa shape index (κ1) is 11.0. The molecule has 0 bridgehead atoms. The van der Waals surface area contributed by atoms with E-state index in [2.05, 4.69) is 21.2 Å². The van der Waals surface area contributed by atoms with Crippen LogP contribution in [0.2, 0.25) is 0 Å². The first-order valence-corrected chi connectivity index (χ1v) is 5.12. The van der Waals surface area contributed by atoms with Crippen molar-refractivity contribution in [1.29, 1.82) is 0 Å². The molecule has 0 fully saturated rings. The second kappa shape index (κ2) is 4.96. The lowest BCUT2D eigenvalue weighted by atomic mass is 10.2. The molecule has 3 heteroatoms. The molecule has 74 valence electrons. The summed E-state index contributed by atoms with van der Waals surface area (Å²) in [7, 11) is 0. The number of nitrogens with one attached hydrogen (secondary N) is 1. The van der Waals surface area contributed by atoms with E-state index in [0.717, 1.165) is 15.7 Å². The van der Waals surface area contributed by atoms with Crippen LogP contribution in [0.1, 0.15) is 12.5 Å². The normalized spacial score (nSPS) is 10.5. The van der Waals surface area contributed by atoms with Crippen LogP contribution in [0.15, 0.2) is 34.8 Å². The Labute approximate surface area is 92.1 Å². The number of carbonyl (C=O) groups excluding carboxylic acids is 1. The number of allylic oxidation sites excluding steroid dienone is 1. The number of hydrogen-bond donors (Lipinski definition) is 1. The number of carbonyl (C=O) groups is 1. The van der Waals surface area contributed by atoms with Crippen molar-refractivity contribution in [2.24, 2.45) is 0 Å². The van der Waals surface area contributed by atoms with Crippen LogP contribution in [0.5, 0.6) is 0 Å².